The SMILES string of the molecule is CSc1cc(C#N)ccc1B1OC(C)(C)C(C)(C)O1. The van der Waals surface area contributed by atoms with Gasteiger partial charge in [0.05, 0.1) is 22.8 Å². The van der Waals surface area contributed by atoms with Crippen LogP contribution in [0.5, 0.6) is 0 Å². The Hall–Kier alpha value is -0.955. The number of nitriles is 1. The molecule has 1 aromatic rings. The van der Waals surface area contributed by atoms with E-state index in [2.05, 4.69) is 6.07 Å². The molecule has 3 nitrogen and oxygen atoms in total. The lowest BCUT2D eigenvalue weighted by Gasteiger charge is -2.32. The maximum Gasteiger partial charge on any atom is 0.495 e. The number of hydrogen-bond donors (Lipinski definition) is 0. The van der Waals surface area contributed by atoms with Crippen LogP contribution >= 0.6 is 11.8 Å². The van der Waals surface area contributed by atoms with E-state index in [1.165, 1.54) is 0 Å². The van der Waals surface area contributed by atoms with Gasteiger partial charge in [0.15, 0.2) is 0 Å². The highest BCUT2D eigenvalue weighted by atomic mass is 32.2. The lowest BCUT2D eigenvalue weighted by atomic mass is 9.78. The van der Waals surface area contributed by atoms with E-state index >= 15 is 0 Å². The summed E-state index contributed by atoms with van der Waals surface area (Å²) in [6.45, 7) is 8.15. The summed E-state index contributed by atoms with van der Waals surface area (Å²) >= 11 is 1.60. The maximum absolute atomic E-state index is 8.96. The minimum atomic E-state index is -0.375. The molecule has 0 radical (unpaired) electrons. The van der Waals surface area contributed by atoms with Gasteiger partial charge in [0, 0.05) is 4.90 Å². The number of nitrogens with zero attached hydrogens (tertiary/aromatic N) is 1. The van der Waals surface area contributed by atoms with E-state index in [4.69, 9.17) is 14.6 Å². The Morgan fingerprint density at radius 1 is 1.16 bits per heavy atom. The van der Waals surface area contributed by atoms with Crippen LogP contribution in [0.2, 0.25) is 0 Å². The van der Waals surface area contributed by atoms with Crippen LogP contribution in [0, 0.1) is 11.3 Å². The van der Waals surface area contributed by atoms with Gasteiger partial charge >= 0.3 is 7.12 Å². The van der Waals surface area contributed by atoms with Crippen molar-refractivity contribution in [2.45, 2.75) is 43.8 Å². The van der Waals surface area contributed by atoms with E-state index in [9.17, 15) is 0 Å². The minimum absolute atomic E-state index is 0.346. The fourth-order valence-electron chi connectivity index (χ4n) is 1.95. The Bertz CT molecular complexity index is 521. The van der Waals surface area contributed by atoms with Gasteiger partial charge in [0.25, 0.3) is 0 Å². The van der Waals surface area contributed by atoms with Crippen LogP contribution in [0.3, 0.4) is 0 Å². The molecule has 0 bridgehead atoms. The zero-order valence-corrected chi connectivity index (χ0v) is 12.8. The maximum atomic E-state index is 8.96. The Morgan fingerprint density at radius 3 is 2.21 bits per heavy atom. The summed E-state index contributed by atoms with van der Waals surface area (Å²) in [5.41, 5.74) is 0.956. The zero-order valence-electron chi connectivity index (χ0n) is 12.0. The van der Waals surface area contributed by atoms with Gasteiger partial charge < -0.3 is 9.31 Å². The summed E-state index contributed by atoms with van der Waals surface area (Å²) in [6.07, 6.45) is 1.99. The van der Waals surface area contributed by atoms with Gasteiger partial charge in [-0.05, 0) is 51.5 Å². The van der Waals surface area contributed by atoms with Crippen molar-refractivity contribution in [2.75, 3.05) is 6.26 Å². The summed E-state index contributed by atoms with van der Waals surface area (Å²) < 4.78 is 12.1. The molecule has 1 fully saturated rings. The molecule has 0 unspecified atom stereocenters. The summed E-state index contributed by atoms with van der Waals surface area (Å²) in [5, 5.41) is 8.96. The molecule has 0 saturated carbocycles. The van der Waals surface area contributed by atoms with Crippen molar-refractivity contribution in [3.63, 3.8) is 0 Å². The third-order valence-electron chi connectivity index (χ3n) is 3.87. The number of rotatable bonds is 2. The molecule has 0 aromatic heterocycles. The van der Waals surface area contributed by atoms with Crippen molar-refractivity contribution < 1.29 is 9.31 Å². The van der Waals surface area contributed by atoms with E-state index < -0.39 is 0 Å². The molecule has 1 saturated heterocycles. The van der Waals surface area contributed by atoms with Crippen LogP contribution in [0.15, 0.2) is 23.1 Å². The van der Waals surface area contributed by atoms with Gasteiger partial charge in [-0.15, -0.1) is 11.8 Å². The van der Waals surface area contributed by atoms with Gasteiger partial charge in [-0.1, -0.05) is 6.07 Å². The highest BCUT2D eigenvalue weighted by molar-refractivity contribution is 7.98. The molecule has 1 aromatic carbocycles. The van der Waals surface area contributed by atoms with E-state index in [1.54, 1.807) is 17.8 Å². The molecule has 0 spiro atoms. The van der Waals surface area contributed by atoms with Crippen molar-refractivity contribution >= 4 is 24.3 Å². The Labute approximate surface area is 119 Å². The van der Waals surface area contributed by atoms with Crippen molar-refractivity contribution in [3.05, 3.63) is 23.8 Å². The molecule has 100 valence electrons. The van der Waals surface area contributed by atoms with Gasteiger partial charge in [0.2, 0.25) is 0 Å². The van der Waals surface area contributed by atoms with Gasteiger partial charge in [-0.3, -0.25) is 0 Å². The molecule has 1 aliphatic rings. The Kier molecular flexibility index (Phi) is 3.70. The standard InChI is InChI=1S/C14H18BNO2S/c1-13(2)14(3,4)18-15(17-13)11-7-6-10(9-16)8-12(11)19-5/h6-8H,1-5H3. The smallest absolute Gasteiger partial charge is 0.399 e. The van der Waals surface area contributed by atoms with Crippen molar-refractivity contribution in [2.24, 2.45) is 0 Å². The second-order valence-electron chi connectivity index (χ2n) is 5.66. The minimum Gasteiger partial charge on any atom is -0.399 e. The molecule has 0 amide bonds. The highest BCUT2D eigenvalue weighted by Crippen LogP contribution is 2.37. The molecular formula is C14H18BNO2S. The van der Waals surface area contributed by atoms with Gasteiger partial charge in [0.1, 0.15) is 0 Å². The van der Waals surface area contributed by atoms with Gasteiger partial charge in [-0.25, -0.2) is 0 Å². The topological polar surface area (TPSA) is 42.2 Å². The third-order valence-corrected chi connectivity index (χ3v) is 4.66. The quantitative estimate of drug-likeness (QED) is 0.614. The molecule has 0 N–H and O–H groups in total. The average Bonchev–Trinajstić information content (AvgIpc) is 2.57. The molecular weight excluding hydrogens is 257 g/mol. The molecule has 19 heavy (non-hydrogen) atoms. The van der Waals surface area contributed by atoms with E-state index in [1.807, 2.05) is 46.1 Å². The first-order valence-corrected chi connectivity index (χ1v) is 7.47. The fourth-order valence-corrected chi connectivity index (χ4v) is 2.59. The van der Waals surface area contributed by atoms with Crippen molar-refractivity contribution in [1.82, 2.24) is 0 Å². The predicted octanol–water partition coefficient (Wildman–Crippen LogP) is 2.58. The number of thioether (sulfide) groups is 1. The van der Waals surface area contributed by atoms with Crippen molar-refractivity contribution in [1.29, 1.82) is 5.26 Å². The van der Waals surface area contributed by atoms with Crippen molar-refractivity contribution in [3.8, 4) is 6.07 Å². The van der Waals surface area contributed by atoms with Crippen LogP contribution in [0.1, 0.15) is 33.3 Å². The van der Waals surface area contributed by atoms with Crippen LogP contribution in [-0.2, 0) is 9.31 Å². The number of benzene rings is 1. The molecule has 0 aliphatic carbocycles. The van der Waals surface area contributed by atoms with E-state index in [0.717, 1.165) is 10.4 Å². The van der Waals surface area contributed by atoms with Gasteiger partial charge in [-0.2, -0.15) is 5.26 Å². The predicted molar refractivity (Wildman–Crippen MR) is 78.7 cm³/mol. The molecule has 1 heterocycles. The lowest BCUT2D eigenvalue weighted by molar-refractivity contribution is 0.00578. The van der Waals surface area contributed by atoms with Crippen LogP contribution < -0.4 is 5.46 Å². The fraction of sp³-hybridized carbons (Fsp3) is 0.500. The Morgan fingerprint density at radius 2 is 1.74 bits per heavy atom. The highest BCUT2D eigenvalue weighted by Gasteiger charge is 2.52. The van der Waals surface area contributed by atoms with E-state index in [0.29, 0.717) is 5.56 Å². The van der Waals surface area contributed by atoms with E-state index in [-0.39, 0.29) is 18.3 Å². The largest absolute Gasteiger partial charge is 0.495 e. The first kappa shape index (κ1) is 14.5. The lowest BCUT2D eigenvalue weighted by Crippen LogP contribution is -2.41. The first-order valence-electron chi connectivity index (χ1n) is 6.24. The monoisotopic (exact) mass is 275 g/mol. The number of hydrogen-bond acceptors (Lipinski definition) is 4. The second-order valence-corrected chi connectivity index (χ2v) is 6.50. The first-order chi connectivity index (χ1) is 8.80. The molecule has 2 rings (SSSR count). The average molecular weight is 275 g/mol. The second kappa shape index (κ2) is 4.86. The van der Waals surface area contributed by atoms with Crippen LogP contribution in [0.25, 0.3) is 0 Å². The van der Waals surface area contributed by atoms with Crippen LogP contribution in [0.4, 0.5) is 0 Å². The normalized spacial score (nSPS) is 20.3. The summed E-state index contributed by atoms with van der Waals surface area (Å²) in [6, 6.07) is 7.77. The molecule has 0 atom stereocenters. The molecule has 1 aliphatic heterocycles. The third kappa shape index (κ3) is 2.53. The van der Waals surface area contributed by atoms with Crippen LogP contribution in [-0.4, -0.2) is 24.6 Å². The Balaban J connectivity index is 2.37. The summed E-state index contributed by atoms with van der Waals surface area (Å²) in [5.74, 6) is 0. The molecule has 5 heteroatoms. The summed E-state index contributed by atoms with van der Waals surface area (Å²) in [7, 11) is -0.375. The zero-order chi connectivity index (χ0) is 14.3. The summed E-state index contributed by atoms with van der Waals surface area (Å²) in [4.78, 5) is 1.03.